The fourth-order valence-electron chi connectivity index (χ4n) is 8.06. The van der Waals surface area contributed by atoms with Crippen molar-refractivity contribution in [2.75, 3.05) is 0 Å². The smallest absolute Gasteiger partial charge is 0.146 e. The molecule has 0 aliphatic heterocycles. The van der Waals surface area contributed by atoms with Crippen molar-refractivity contribution in [3.63, 3.8) is 0 Å². The Kier molecular flexibility index (Phi) is 5.38. The maximum atomic E-state index is 6.55. The van der Waals surface area contributed by atoms with Gasteiger partial charge in [0.25, 0.3) is 0 Å². The Labute approximate surface area is 280 Å². The Morgan fingerprint density at radius 3 is 1.69 bits per heavy atom. The van der Waals surface area contributed by atoms with Gasteiger partial charge in [-0.15, -0.1) is 0 Å². The summed E-state index contributed by atoms with van der Waals surface area (Å²) in [5.74, 6) is 0. The van der Waals surface area contributed by atoms with Crippen LogP contribution in [-0.2, 0) is 0 Å². The van der Waals surface area contributed by atoms with Crippen molar-refractivity contribution in [3.8, 4) is 33.4 Å². The van der Waals surface area contributed by atoms with Crippen LogP contribution in [0.1, 0.15) is 0 Å². The highest BCUT2D eigenvalue weighted by atomic mass is 16.3. The molecule has 228 valence electrons. The Morgan fingerprint density at radius 1 is 0.327 bits per heavy atom. The summed E-state index contributed by atoms with van der Waals surface area (Å²) in [7, 11) is 0. The van der Waals surface area contributed by atoms with Crippen LogP contribution in [0.15, 0.2) is 171 Å². The lowest BCUT2D eigenvalue weighted by Crippen LogP contribution is -1.91. The summed E-state index contributed by atoms with van der Waals surface area (Å²) in [6, 6.07) is 53.4. The Morgan fingerprint density at radius 2 is 0.918 bits per heavy atom. The van der Waals surface area contributed by atoms with Crippen molar-refractivity contribution in [3.05, 3.63) is 158 Å². The normalized spacial score (nSPS) is 12.1. The van der Waals surface area contributed by atoms with Crippen molar-refractivity contribution in [1.82, 2.24) is 0 Å². The van der Waals surface area contributed by atoms with Gasteiger partial charge in [0.15, 0.2) is 0 Å². The maximum absolute atomic E-state index is 6.55. The van der Waals surface area contributed by atoms with E-state index in [9.17, 15) is 0 Å². The lowest BCUT2D eigenvalue weighted by Gasteiger charge is -2.18. The van der Waals surface area contributed by atoms with Crippen molar-refractivity contribution in [2.24, 2.45) is 0 Å². The molecule has 0 atom stereocenters. The van der Waals surface area contributed by atoms with Crippen molar-refractivity contribution >= 4 is 76.4 Å². The summed E-state index contributed by atoms with van der Waals surface area (Å²) in [5.41, 5.74) is 11.1. The monoisotopic (exact) mass is 626 g/mol. The van der Waals surface area contributed by atoms with Gasteiger partial charge in [0.1, 0.15) is 27.9 Å². The largest absolute Gasteiger partial charge is 0.463 e. The molecule has 0 spiro atoms. The first-order chi connectivity index (χ1) is 24.3. The van der Waals surface area contributed by atoms with Crippen LogP contribution in [0.25, 0.3) is 110 Å². The maximum Gasteiger partial charge on any atom is 0.146 e. The van der Waals surface area contributed by atoms with Crippen molar-refractivity contribution < 1.29 is 13.3 Å². The van der Waals surface area contributed by atoms with Crippen LogP contribution in [0.2, 0.25) is 0 Å². The minimum atomic E-state index is 0.813. The molecule has 3 heteroatoms. The molecule has 0 radical (unpaired) electrons. The number of rotatable bonds is 3. The second-order valence-electron chi connectivity index (χ2n) is 12.8. The van der Waals surface area contributed by atoms with E-state index >= 15 is 0 Å². The van der Waals surface area contributed by atoms with Crippen LogP contribution in [-0.4, -0.2) is 0 Å². The van der Waals surface area contributed by atoms with Crippen molar-refractivity contribution in [2.45, 2.75) is 0 Å². The number of hydrogen-bond acceptors (Lipinski definition) is 3. The molecule has 49 heavy (non-hydrogen) atoms. The molecule has 0 saturated heterocycles. The fraction of sp³-hybridized carbons (Fsp3) is 0. The summed E-state index contributed by atoms with van der Waals surface area (Å²) < 4.78 is 19.3. The summed E-state index contributed by atoms with van der Waals surface area (Å²) in [4.78, 5) is 0. The molecule has 0 bridgehead atoms. The Balaban J connectivity index is 1.23. The molecule has 3 nitrogen and oxygen atoms in total. The lowest BCUT2D eigenvalue weighted by molar-refractivity contribution is 0.619. The molecule has 0 aliphatic carbocycles. The molecular weight excluding hydrogens is 601 g/mol. The average molecular weight is 627 g/mol. The summed E-state index contributed by atoms with van der Waals surface area (Å²) >= 11 is 0. The SMILES string of the molecule is c1ccc(-c2coc3c2ccc2oc4cccc(-c5c6ccccc6c(-c6ccc7c(c6)oc6ccccc67)c6ccccc56)c4c23)cc1. The van der Waals surface area contributed by atoms with E-state index in [0.717, 1.165) is 77.1 Å². The second-order valence-corrected chi connectivity index (χ2v) is 12.8. The molecule has 0 fully saturated rings. The number of furan rings is 3. The fourth-order valence-corrected chi connectivity index (χ4v) is 8.06. The molecule has 0 saturated carbocycles. The van der Waals surface area contributed by atoms with Gasteiger partial charge in [0.2, 0.25) is 0 Å². The van der Waals surface area contributed by atoms with E-state index in [2.05, 4.69) is 133 Å². The third kappa shape index (κ3) is 3.73. The molecule has 11 aromatic rings. The summed E-state index contributed by atoms with van der Waals surface area (Å²) in [6.07, 6.45) is 1.87. The zero-order valence-corrected chi connectivity index (χ0v) is 26.2. The molecule has 0 N–H and O–H groups in total. The Hall–Kier alpha value is -6.58. The molecular formula is C46H26O3. The molecule has 0 unspecified atom stereocenters. The minimum Gasteiger partial charge on any atom is -0.463 e. The van der Waals surface area contributed by atoms with Crippen LogP contribution in [0.5, 0.6) is 0 Å². The van der Waals surface area contributed by atoms with Crippen LogP contribution < -0.4 is 0 Å². The van der Waals surface area contributed by atoms with Crippen molar-refractivity contribution in [1.29, 1.82) is 0 Å². The average Bonchev–Trinajstić information content (AvgIpc) is 3.87. The van der Waals surface area contributed by atoms with Crippen LogP contribution >= 0.6 is 0 Å². The predicted octanol–water partition coefficient (Wildman–Crippen LogP) is 13.5. The van der Waals surface area contributed by atoms with E-state index in [1.54, 1.807) is 0 Å². The highest BCUT2D eigenvalue weighted by Gasteiger charge is 2.23. The van der Waals surface area contributed by atoms with Gasteiger partial charge < -0.3 is 13.3 Å². The van der Waals surface area contributed by atoms with E-state index in [1.807, 2.05) is 24.5 Å². The standard InChI is InChI=1S/C46H26O3/c1-2-11-27(12-3-1)37-26-47-46-35(37)23-24-40-45(46)44-36(18-10-20-39(44)49-40)43-33-16-6-4-14-31(33)42(32-15-5-7-17-34(32)43)28-21-22-30-29-13-8-9-19-38(29)48-41(30)25-28/h1-26H. The molecule has 11 rings (SSSR count). The topological polar surface area (TPSA) is 39.4 Å². The van der Waals surface area contributed by atoms with Crippen LogP contribution in [0.4, 0.5) is 0 Å². The van der Waals surface area contributed by atoms with Gasteiger partial charge in [-0.25, -0.2) is 0 Å². The highest BCUT2D eigenvalue weighted by Crippen LogP contribution is 2.49. The number of fused-ring (bicyclic) bond motifs is 10. The molecule has 8 aromatic carbocycles. The van der Waals surface area contributed by atoms with Gasteiger partial charge in [-0.3, -0.25) is 0 Å². The minimum absolute atomic E-state index is 0.813. The van der Waals surface area contributed by atoms with E-state index in [1.165, 1.54) is 32.7 Å². The third-order valence-electron chi connectivity index (χ3n) is 10.2. The van der Waals surface area contributed by atoms with Gasteiger partial charge >= 0.3 is 0 Å². The predicted molar refractivity (Wildman–Crippen MR) is 202 cm³/mol. The first-order valence-electron chi connectivity index (χ1n) is 16.6. The molecule has 3 heterocycles. The first-order valence-corrected chi connectivity index (χ1v) is 16.6. The van der Waals surface area contributed by atoms with Gasteiger partial charge in [-0.05, 0) is 85.8 Å². The van der Waals surface area contributed by atoms with E-state index in [4.69, 9.17) is 13.3 Å². The third-order valence-corrected chi connectivity index (χ3v) is 10.2. The summed E-state index contributed by atoms with van der Waals surface area (Å²) in [5, 5.41) is 10.1. The lowest BCUT2D eigenvalue weighted by atomic mass is 9.84. The second kappa shape index (κ2) is 9.96. The molecule has 0 aliphatic rings. The van der Waals surface area contributed by atoms with Crippen LogP contribution in [0.3, 0.4) is 0 Å². The number of benzene rings is 8. The molecule has 0 amide bonds. The number of hydrogen-bond donors (Lipinski definition) is 0. The van der Waals surface area contributed by atoms with Gasteiger partial charge in [0, 0.05) is 27.1 Å². The van der Waals surface area contributed by atoms with E-state index in [0.29, 0.717) is 0 Å². The van der Waals surface area contributed by atoms with Gasteiger partial charge in [-0.2, -0.15) is 0 Å². The van der Waals surface area contributed by atoms with E-state index < -0.39 is 0 Å². The van der Waals surface area contributed by atoms with Gasteiger partial charge in [-0.1, -0.05) is 115 Å². The number of para-hydroxylation sites is 1. The van der Waals surface area contributed by atoms with Crippen LogP contribution in [0, 0.1) is 0 Å². The quantitative estimate of drug-likeness (QED) is 0.183. The zero-order valence-electron chi connectivity index (χ0n) is 26.2. The zero-order chi connectivity index (χ0) is 32.1. The molecule has 3 aromatic heterocycles. The van der Waals surface area contributed by atoms with E-state index in [-0.39, 0.29) is 0 Å². The highest BCUT2D eigenvalue weighted by molar-refractivity contribution is 6.28. The van der Waals surface area contributed by atoms with Gasteiger partial charge in [0.05, 0.1) is 11.6 Å². The summed E-state index contributed by atoms with van der Waals surface area (Å²) in [6.45, 7) is 0. The Bertz CT molecular complexity index is 3040. The first kappa shape index (κ1) is 26.5.